The molecule has 1 aromatic heterocycles. The third-order valence-corrected chi connectivity index (χ3v) is 6.16. The Balaban J connectivity index is 1.92. The molecule has 0 radical (unpaired) electrons. The molecular formula is C16H26ClN3. The maximum atomic E-state index is 6.58. The first kappa shape index (κ1) is 14.4. The normalized spacial score (nSPS) is 32.2. The summed E-state index contributed by atoms with van der Waals surface area (Å²) in [5, 5.41) is 5.55. The third-order valence-electron chi connectivity index (χ3n) is 5.72. The molecule has 0 spiro atoms. The predicted molar refractivity (Wildman–Crippen MR) is 82.9 cm³/mol. The lowest BCUT2D eigenvalue weighted by molar-refractivity contribution is 0.168. The molecule has 4 heteroatoms. The molecule has 112 valence electrons. The van der Waals surface area contributed by atoms with Gasteiger partial charge in [0.15, 0.2) is 0 Å². The first-order chi connectivity index (χ1) is 9.63. The van der Waals surface area contributed by atoms with E-state index < -0.39 is 0 Å². The maximum Gasteiger partial charge on any atom is 0.0850 e. The Morgan fingerprint density at radius 2 is 2.20 bits per heavy atom. The van der Waals surface area contributed by atoms with Crippen LogP contribution in [0.1, 0.15) is 50.9 Å². The van der Waals surface area contributed by atoms with Crippen LogP contribution in [-0.4, -0.2) is 16.3 Å². The molecule has 2 aliphatic rings. The fourth-order valence-electron chi connectivity index (χ4n) is 4.62. The minimum absolute atomic E-state index is 0.282. The highest BCUT2D eigenvalue weighted by Gasteiger charge is 2.50. The molecule has 3 nitrogen and oxygen atoms in total. The van der Waals surface area contributed by atoms with Crippen LogP contribution in [-0.2, 0) is 19.4 Å². The topological polar surface area (TPSA) is 43.8 Å². The molecular weight excluding hydrogens is 270 g/mol. The minimum Gasteiger partial charge on any atom is -0.330 e. The number of rotatable bonds is 5. The molecule has 2 saturated carbocycles. The summed E-state index contributed by atoms with van der Waals surface area (Å²) in [7, 11) is 0. The van der Waals surface area contributed by atoms with Crippen LogP contribution >= 0.6 is 11.6 Å². The van der Waals surface area contributed by atoms with E-state index in [1.54, 1.807) is 0 Å². The van der Waals surface area contributed by atoms with E-state index >= 15 is 0 Å². The fraction of sp³-hybridized carbons (Fsp3) is 0.812. The molecule has 2 bridgehead atoms. The monoisotopic (exact) mass is 295 g/mol. The molecule has 3 rings (SSSR count). The van der Waals surface area contributed by atoms with Gasteiger partial charge in [-0.15, -0.1) is 0 Å². The van der Waals surface area contributed by atoms with Gasteiger partial charge in [0.05, 0.1) is 16.4 Å². The van der Waals surface area contributed by atoms with E-state index in [1.807, 2.05) is 0 Å². The Kier molecular flexibility index (Phi) is 3.85. The quantitative estimate of drug-likeness (QED) is 0.904. The first-order valence-electron chi connectivity index (χ1n) is 8.07. The first-order valence-corrected chi connectivity index (χ1v) is 8.45. The molecule has 0 aliphatic heterocycles. The van der Waals surface area contributed by atoms with Crippen molar-refractivity contribution in [3.05, 3.63) is 16.4 Å². The second-order valence-electron chi connectivity index (χ2n) is 6.70. The molecule has 1 aromatic rings. The lowest BCUT2D eigenvalue weighted by Gasteiger charge is -2.37. The summed E-state index contributed by atoms with van der Waals surface area (Å²) < 4.78 is 2.10. The number of nitrogens with zero attached hydrogens (tertiary/aromatic N) is 2. The number of aromatic nitrogens is 2. The van der Waals surface area contributed by atoms with Gasteiger partial charge in [-0.2, -0.15) is 5.10 Å². The van der Waals surface area contributed by atoms with Gasteiger partial charge in [-0.25, -0.2) is 0 Å². The van der Waals surface area contributed by atoms with Gasteiger partial charge >= 0.3 is 0 Å². The summed E-state index contributed by atoms with van der Waals surface area (Å²) in [6.07, 6.45) is 7.37. The van der Waals surface area contributed by atoms with Gasteiger partial charge in [0.1, 0.15) is 0 Å². The average molecular weight is 296 g/mol. The second kappa shape index (κ2) is 5.34. The van der Waals surface area contributed by atoms with Gasteiger partial charge in [-0.3, -0.25) is 4.68 Å². The van der Waals surface area contributed by atoms with Crippen LogP contribution in [0.3, 0.4) is 0 Å². The summed E-state index contributed by atoms with van der Waals surface area (Å²) in [4.78, 5) is 0. The highest BCUT2D eigenvalue weighted by molar-refractivity contribution is 6.31. The van der Waals surface area contributed by atoms with E-state index in [0.717, 1.165) is 48.5 Å². The Hall–Kier alpha value is -0.540. The Morgan fingerprint density at radius 1 is 1.40 bits per heavy atom. The minimum atomic E-state index is 0.282. The number of fused-ring (bicyclic) bond motifs is 2. The number of aryl methyl sites for hydroxylation is 2. The molecule has 2 N–H and O–H groups in total. The van der Waals surface area contributed by atoms with Crippen molar-refractivity contribution in [1.82, 2.24) is 9.78 Å². The SMILES string of the molecule is CCc1nn(CC)c(CC2(CN)CC3CCC2C3)c1Cl. The number of hydrogen-bond acceptors (Lipinski definition) is 2. The molecule has 1 heterocycles. The lowest BCUT2D eigenvalue weighted by Crippen LogP contribution is -2.38. The van der Waals surface area contributed by atoms with E-state index in [9.17, 15) is 0 Å². The van der Waals surface area contributed by atoms with E-state index in [2.05, 4.69) is 23.6 Å². The van der Waals surface area contributed by atoms with Crippen molar-refractivity contribution < 1.29 is 0 Å². The van der Waals surface area contributed by atoms with E-state index in [0.29, 0.717) is 0 Å². The third kappa shape index (κ3) is 2.10. The zero-order valence-electron chi connectivity index (χ0n) is 12.7. The highest BCUT2D eigenvalue weighted by atomic mass is 35.5. The number of nitrogens with two attached hydrogens (primary N) is 1. The fourth-order valence-corrected chi connectivity index (χ4v) is 4.95. The number of hydrogen-bond donors (Lipinski definition) is 1. The average Bonchev–Trinajstić information content (AvgIpc) is 3.14. The van der Waals surface area contributed by atoms with Gasteiger partial charge in [0.2, 0.25) is 0 Å². The zero-order valence-corrected chi connectivity index (χ0v) is 13.4. The van der Waals surface area contributed by atoms with Gasteiger partial charge in [0, 0.05) is 6.54 Å². The zero-order chi connectivity index (χ0) is 14.3. The molecule has 0 amide bonds. The van der Waals surface area contributed by atoms with E-state index in [4.69, 9.17) is 17.3 Å². The molecule has 2 fully saturated rings. The molecule has 3 unspecified atom stereocenters. The van der Waals surface area contributed by atoms with Gasteiger partial charge in [-0.05, 0) is 62.8 Å². The Labute approximate surface area is 126 Å². The Bertz CT molecular complexity index is 496. The number of halogens is 1. The largest absolute Gasteiger partial charge is 0.330 e. The standard InChI is InChI=1S/C16H26ClN3/c1-3-13-15(17)14(20(4-2)19-13)9-16(10-18)8-11-5-6-12(16)7-11/h11-12H,3-10,18H2,1-2H3. The summed E-state index contributed by atoms with van der Waals surface area (Å²) in [6, 6.07) is 0. The smallest absolute Gasteiger partial charge is 0.0850 e. The van der Waals surface area contributed by atoms with Crippen LogP contribution in [0.4, 0.5) is 0 Å². The summed E-state index contributed by atoms with van der Waals surface area (Å²) in [5.41, 5.74) is 8.76. The van der Waals surface area contributed by atoms with Crippen molar-refractivity contribution in [2.75, 3.05) is 6.54 Å². The molecule has 2 aliphatic carbocycles. The van der Waals surface area contributed by atoms with Crippen molar-refractivity contribution in [2.24, 2.45) is 23.0 Å². The van der Waals surface area contributed by atoms with Crippen molar-refractivity contribution in [2.45, 2.75) is 58.9 Å². The van der Waals surface area contributed by atoms with Gasteiger partial charge in [0.25, 0.3) is 0 Å². The van der Waals surface area contributed by atoms with Crippen LogP contribution in [0.5, 0.6) is 0 Å². The van der Waals surface area contributed by atoms with Gasteiger partial charge in [-0.1, -0.05) is 24.9 Å². The van der Waals surface area contributed by atoms with Crippen LogP contribution in [0, 0.1) is 17.3 Å². The van der Waals surface area contributed by atoms with Crippen LogP contribution in [0.25, 0.3) is 0 Å². The lowest BCUT2D eigenvalue weighted by atomic mass is 9.70. The second-order valence-corrected chi connectivity index (χ2v) is 7.08. The summed E-state index contributed by atoms with van der Waals surface area (Å²) in [6.45, 7) is 5.95. The van der Waals surface area contributed by atoms with Crippen molar-refractivity contribution in [1.29, 1.82) is 0 Å². The predicted octanol–water partition coefficient (Wildman–Crippen LogP) is 3.43. The van der Waals surface area contributed by atoms with Gasteiger partial charge < -0.3 is 5.73 Å². The van der Waals surface area contributed by atoms with Crippen molar-refractivity contribution in [3.8, 4) is 0 Å². The Morgan fingerprint density at radius 3 is 2.70 bits per heavy atom. The van der Waals surface area contributed by atoms with E-state index in [-0.39, 0.29) is 5.41 Å². The van der Waals surface area contributed by atoms with Crippen molar-refractivity contribution in [3.63, 3.8) is 0 Å². The van der Waals surface area contributed by atoms with Crippen LogP contribution < -0.4 is 5.73 Å². The maximum absolute atomic E-state index is 6.58. The van der Waals surface area contributed by atoms with Crippen molar-refractivity contribution >= 4 is 11.6 Å². The molecule has 0 aromatic carbocycles. The summed E-state index contributed by atoms with van der Waals surface area (Å²) >= 11 is 6.58. The summed E-state index contributed by atoms with van der Waals surface area (Å²) in [5.74, 6) is 1.71. The van der Waals surface area contributed by atoms with Crippen LogP contribution in [0.2, 0.25) is 5.02 Å². The van der Waals surface area contributed by atoms with E-state index in [1.165, 1.54) is 31.4 Å². The molecule has 20 heavy (non-hydrogen) atoms. The highest BCUT2D eigenvalue weighted by Crippen LogP contribution is 2.57. The van der Waals surface area contributed by atoms with Crippen LogP contribution in [0.15, 0.2) is 0 Å². The molecule has 3 atom stereocenters. The molecule has 0 saturated heterocycles.